The molecule has 1 fully saturated rings. The first-order chi connectivity index (χ1) is 7.99. The van der Waals surface area contributed by atoms with E-state index in [4.69, 9.17) is 9.47 Å². The highest BCUT2D eigenvalue weighted by molar-refractivity contribution is 4.98. The zero-order chi connectivity index (χ0) is 12.9. The van der Waals surface area contributed by atoms with Crippen molar-refractivity contribution in [2.24, 2.45) is 5.41 Å². The Balaban J connectivity index is 2.67. The third-order valence-electron chi connectivity index (χ3n) is 4.33. The maximum Gasteiger partial charge on any atom is 0.0853 e. The number of likely N-dealkylation sites (N-methyl/N-ethyl adjacent to an activating group) is 1. The Morgan fingerprint density at radius 1 is 1.18 bits per heavy atom. The molecule has 0 aromatic carbocycles. The SMILES string of the molecule is CCOCC(NC)C1(OC)CCC(C)(C)CC1. The Morgan fingerprint density at radius 3 is 2.18 bits per heavy atom. The van der Waals surface area contributed by atoms with Crippen molar-refractivity contribution >= 4 is 0 Å². The first-order valence-electron chi connectivity index (χ1n) is 6.80. The third-order valence-corrected chi connectivity index (χ3v) is 4.33. The van der Waals surface area contributed by atoms with Crippen LogP contribution in [-0.2, 0) is 9.47 Å². The molecule has 3 nitrogen and oxygen atoms in total. The molecule has 3 heteroatoms. The summed E-state index contributed by atoms with van der Waals surface area (Å²) >= 11 is 0. The molecule has 0 amide bonds. The number of rotatable bonds is 6. The lowest BCUT2D eigenvalue weighted by molar-refractivity contribution is -0.0999. The van der Waals surface area contributed by atoms with E-state index in [9.17, 15) is 0 Å². The summed E-state index contributed by atoms with van der Waals surface area (Å²) in [5.41, 5.74) is 0.422. The van der Waals surface area contributed by atoms with Gasteiger partial charge in [-0.25, -0.2) is 0 Å². The summed E-state index contributed by atoms with van der Waals surface area (Å²) in [6.45, 7) is 8.24. The zero-order valence-electron chi connectivity index (χ0n) is 12.1. The van der Waals surface area contributed by atoms with Gasteiger partial charge in [0.1, 0.15) is 0 Å². The van der Waals surface area contributed by atoms with E-state index in [0.29, 0.717) is 11.5 Å². The Bertz CT molecular complexity index is 218. The summed E-state index contributed by atoms with van der Waals surface area (Å²) in [7, 11) is 3.85. The predicted molar refractivity (Wildman–Crippen MR) is 71.3 cm³/mol. The monoisotopic (exact) mass is 243 g/mol. The molecule has 0 aromatic heterocycles. The van der Waals surface area contributed by atoms with Crippen LogP contribution in [0.3, 0.4) is 0 Å². The molecule has 1 rings (SSSR count). The molecule has 1 atom stereocenters. The van der Waals surface area contributed by atoms with Gasteiger partial charge < -0.3 is 14.8 Å². The minimum Gasteiger partial charge on any atom is -0.380 e. The van der Waals surface area contributed by atoms with Gasteiger partial charge in [0.25, 0.3) is 0 Å². The number of hydrogen-bond donors (Lipinski definition) is 1. The average molecular weight is 243 g/mol. The summed E-state index contributed by atoms with van der Waals surface area (Å²) in [5.74, 6) is 0. The zero-order valence-corrected chi connectivity index (χ0v) is 12.1. The highest BCUT2D eigenvalue weighted by Crippen LogP contribution is 2.43. The van der Waals surface area contributed by atoms with Gasteiger partial charge in [-0.3, -0.25) is 0 Å². The number of ether oxygens (including phenoxy) is 2. The van der Waals surface area contributed by atoms with E-state index >= 15 is 0 Å². The van der Waals surface area contributed by atoms with Crippen LogP contribution in [-0.4, -0.2) is 39.0 Å². The van der Waals surface area contributed by atoms with Gasteiger partial charge in [0.2, 0.25) is 0 Å². The van der Waals surface area contributed by atoms with Crippen LogP contribution in [0.2, 0.25) is 0 Å². The van der Waals surface area contributed by atoms with Gasteiger partial charge in [-0.15, -0.1) is 0 Å². The molecule has 1 unspecified atom stereocenters. The molecule has 1 aliphatic rings. The van der Waals surface area contributed by atoms with Gasteiger partial charge >= 0.3 is 0 Å². The number of nitrogens with one attached hydrogen (secondary N) is 1. The minimum atomic E-state index is -0.0422. The van der Waals surface area contributed by atoms with Crippen molar-refractivity contribution in [3.63, 3.8) is 0 Å². The molecule has 0 saturated heterocycles. The second kappa shape index (κ2) is 6.17. The Morgan fingerprint density at radius 2 is 1.76 bits per heavy atom. The maximum atomic E-state index is 5.88. The van der Waals surface area contributed by atoms with Crippen LogP contribution in [0.15, 0.2) is 0 Å². The largest absolute Gasteiger partial charge is 0.380 e. The number of hydrogen-bond acceptors (Lipinski definition) is 3. The van der Waals surface area contributed by atoms with E-state index in [1.807, 2.05) is 21.1 Å². The van der Waals surface area contributed by atoms with Gasteiger partial charge in [-0.05, 0) is 45.1 Å². The Hall–Kier alpha value is -0.120. The summed E-state index contributed by atoms with van der Waals surface area (Å²) in [6, 6.07) is 0.295. The van der Waals surface area contributed by atoms with Gasteiger partial charge in [0.05, 0.1) is 18.2 Å². The maximum absolute atomic E-state index is 5.88. The second-order valence-electron chi connectivity index (χ2n) is 5.93. The molecule has 0 aliphatic heterocycles. The lowest BCUT2D eigenvalue weighted by atomic mass is 9.68. The fourth-order valence-electron chi connectivity index (χ4n) is 2.78. The fraction of sp³-hybridized carbons (Fsp3) is 1.00. The molecule has 1 saturated carbocycles. The lowest BCUT2D eigenvalue weighted by Gasteiger charge is -2.46. The summed E-state index contributed by atoms with van der Waals surface area (Å²) in [4.78, 5) is 0. The fourth-order valence-corrected chi connectivity index (χ4v) is 2.78. The van der Waals surface area contributed by atoms with E-state index in [-0.39, 0.29) is 5.60 Å². The lowest BCUT2D eigenvalue weighted by Crippen LogP contribution is -2.56. The van der Waals surface area contributed by atoms with E-state index in [1.165, 1.54) is 12.8 Å². The Labute approximate surface area is 106 Å². The summed E-state index contributed by atoms with van der Waals surface area (Å²) in [5, 5.41) is 3.38. The van der Waals surface area contributed by atoms with Crippen LogP contribution < -0.4 is 5.32 Å². The van der Waals surface area contributed by atoms with Crippen LogP contribution in [0, 0.1) is 5.41 Å². The smallest absolute Gasteiger partial charge is 0.0853 e. The van der Waals surface area contributed by atoms with Crippen molar-refractivity contribution < 1.29 is 9.47 Å². The molecule has 1 N–H and O–H groups in total. The quantitative estimate of drug-likeness (QED) is 0.778. The average Bonchev–Trinajstić information content (AvgIpc) is 2.32. The highest BCUT2D eigenvalue weighted by Gasteiger charge is 2.43. The van der Waals surface area contributed by atoms with Crippen LogP contribution in [0.1, 0.15) is 46.5 Å². The molecular weight excluding hydrogens is 214 g/mol. The van der Waals surface area contributed by atoms with Crippen LogP contribution in [0.25, 0.3) is 0 Å². The predicted octanol–water partition coefficient (Wildman–Crippen LogP) is 2.60. The molecule has 102 valence electrons. The van der Waals surface area contributed by atoms with Crippen molar-refractivity contribution in [1.29, 1.82) is 0 Å². The van der Waals surface area contributed by atoms with E-state index < -0.39 is 0 Å². The molecule has 0 radical (unpaired) electrons. The van der Waals surface area contributed by atoms with E-state index in [2.05, 4.69) is 19.2 Å². The number of methoxy groups -OCH3 is 1. The van der Waals surface area contributed by atoms with Crippen molar-refractivity contribution in [2.75, 3.05) is 27.4 Å². The van der Waals surface area contributed by atoms with E-state index in [0.717, 1.165) is 26.1 Å². The van der Waals surface area contributed by atoms with Crippen LogP contribution in [0.4, 0.5) is 0 Å². The topological polar surface area (TPSA) is 30.5 Å². The first-order valence-corrected chi connectivity index (χ1v) is 6.80. The molecule has 0 bridgehead atoms. The van der Waals surface area contributed by atoms with Gasteiger partial charge in [0, 0.05) is 13.7 Å². The third kappa shape index (κ3) is 3.67. The van der Waals surface area contributed by atoms with E-state index in [1.54, 1.807) is 0 Å². The van der Waals surface area contributed by atoms with Crippen LogP contribution >= 0.6 is 0 Å². The molecule has 0 aromatic rings. The van der Waals surface area contributed by atoms with Crippen molar-refractivity contribution in [2.45, 2.75) is 58.1 Å². The minimum absolute atomic E-state index is 0.0422. The molecule has 17 heavy (non-hydrogen) atoms. The van der Waals surface area contributed by atoms with Crippen LogP contribution in [0.5, 0.6) is 0 Å². The molecule has 1 aliphatic carbocycles. The van der Waals surface area contributed by atoms with Crippen molar-refractivity contribution in [3.8, 4) is 0 Å². The van der Waals surface area contributed by atoms with Crippen molar-refractivity contribution in [1.82, 2.24) is 5.32 Å². The summed E-state index contributed by atoms with van der Waals surface area (Å²) in [6.07, 6.45) is 4.69. The van der Waals surface area contributed by atoms with Gasteiger partial charge in [-0.2, -0.15) is 0 Å². The first kappa shape index (κ1) is 14.9. The second-order valence-corrected chi connectivity index (χ2v) is 5.93. The van der Waals surface area contributed by atoms with Crippen molar-refractivity contribution in [3.05, 3.63) is 0 Å². The molecule has 0 spiro atoms. The van der Waals surface area contributed by atoms with Gasteiger partial charge in [0.15, 0.2) is 0 Å². The highest BCUT2D eigenvalue weighted by atomic mass is 16.5. The normalized spacial score (nSPS) is 24.5. The molecule has 0 heterocycles. The molecular formula is C14H29NO2. The summed E-state index contributed by atoms with van der Waals surface area (Å²) < 4.78 is 11.5. The Kier molecular flexibility index (Phi) is 5.42. The standard InChI is InChI=1S/C14H29NO2/c1-6-17-11-12(15-4)14(16-5)9-7-13(2,3)8-10-14/h12,15H,6-11H2,1-5H3. The van der Waals surface area contributed by atoms with Gasteiger partial charge in [-0.1, -0.05) is 13.8 Å².